The van der Waals surface area contributed by atoms with E-state index < -0.39 is 0 Å². The molecule has 0 unspecified atom stereocenters. The van der Waals surface area contributed by atoms with E-state index in [0.29, 0.717) is 6.54 Å². The first-order chi connectivity index (χ1) is 14.8. The highest BCUT2D eigenvalue weighted by Crippen LogP contribution is 2.30. The van der Waals surface area contributed by atoms with Crippen LogP contribution in [0.25, 0.3) is 0 Å². The first-order valence-electron chi connectivity index (χ1n) is 10.8. The SMILES string of the molecule is COc1ccc(CN2CCC(NC(=O)COc3ccccc3C(C)(C)C)CC2)cc1F. The van der Waals surface area contributed by atoms with Crippen molar-refractivity contribution in [1.29, 1.82) is 0 Å². The van der Waals surface area contributed by atoms with Gasteiger partial charge in [0.05, 0.1) is 7.11 Å². The van der Waals surface area contributed by atoms with Crippen molar-refractivity contribution < 1.29 is 18.7 Å². The number of hydrogen-bond donors (Lipinski definition) is 1. The number of benzene rings is 2. The Labute approximate surface area is 184 Å². The zero-order chi connectivity index (χ0) is 22.4. The van der Waals surface area contributed by atoms with Crippen molar-refractivity contribution >= 4 is 5.91 Å². The summed E-state index contributed by atoms with van der Waals surface area (Å²) in [6.07, 6.45) is 1.73. The maximum atomic E-state index is 13.9. The number of likely N-dealkylation sites (tertiary alicyclic amines) is 1. The van der Waals surface area contributed by atoms with Crippen molar-refractivity contribution in [2.24, 2.45) is 0 Å². The molecular formula is C25H33FN2O3. The van der Waals surface area contributed by atoms with Crippen LogP contribution in [-0.2, 0) is 16.8 Å². The Morgan fingerprint density at radius 2 is 1.84 bits per heavy atom. The standard InChI is InChI=1S/C25H33FN2O3/c1-25(2,3)20-7-5-6-8-22(20)31-17-24(29)27-19-11-13-28(14-12-19)16-18-9-10-23(30-4)21(26)15-18/h5-10,15,19H,11-14,16-17H2,1-4H3,(H,27,29). The number of amides is 1. The molecule has 31 heavy (non-hydrogen) atoms. The van der Waals surface area contributed by atoms with Crippen LogP contribution in [0.1, 0.15) is 44.7 Å². The molecule has 1 aliphatic rings. The number of piperidine rings is 1. The fourth-order valence-corrected chi connectivity index (χ4v) is 3.93. The predicted octanol–water partition coefficient (Wildman–Crippen LogP) is 4.29. The number of hydrogen-bond acceptors (Lipinski definition) is 4. The Bertz CT molecular complexity index is 887. The molecule has 1 N–H and O–H groups in total. The molecule has 0 atom stereocenters. The number of halogens is 1. The quantitative estimate of drug-likeness (QED) is 0.715. The molecule has 0 radical (unpaired) electrons. The largest absolute Gasteiger partial charge is 0.494 e. The van der Waals surface area contributed by atoms with Crippen LogP contribution >= 0.6 is 0 Å². The molecule has 0 saturated carbocycles. The summed E-state index contributed by atoms with van der Waals surface area (Å²) in [5.41, 5.74) is 1.96. The molecule has 2 aromatic carbocycles. The smallest absolute Gasteiger partial charge is 0.258 e. The van der Waals surface area contributed by atoms with Crippen LogP contribution < -0.4 is 14.8 Å². The van der Waals surface area contributed by atoms with Crippen LogP contribution in [0.4, 0.5) is 4.39 Å². The highest BCUT2D eigenvalue weighted by atomic mass is 19.1. The summed E-state index contributed by atoms with van der Waals surface area (Å²) in [6.45, 7) is 8.79. The third-order valence-electron chi connectivity index (χ3n) is 5.63. The lowest BCUT2D eigenvalue weighted by Crippen LogP contribution is -2.45. The molecule has 0 spiro atoms. The molecule has 6 heteroatoms. The summed E-state index contributed by atoms with van der Waals surface area (Å²) in [5.74, 6) is 0.582. The zero-order valence-electron chi connectivity index (χ0n) is 18.9. The van der Waals surface area contributed by atoms with Crippen molar-refractivity contribution in [2.45, 2.75) is 51.6 Å². The number of ether oxygens (including phenoxy) is 2. The van der Waals surface area contributed by atoms with Gasteiger partial charge < -0.3 is 14.8 Å². The van der Waals surface area contributed by atoms with Gasteiger partial charge in [0.2, 0.25) is 0 Å². The van der Waals surface area contributed by atoms with Crippen LogP contribution in [0.3, 0.4) is 0 Å². The summed E-state index contributed by atoms with van der Waals surface area (Å²) >= 11 is 0. The van der Waals surface area contributed by atoms with Crippen molar-refractivity contribution in [2.75, 3.05) is 26.8 Å². The molecule has 5 nitrogen and oxygen atoms in total. The van der Waals surface area contributed by atoms with Crippen molar-refractivity contribution in [1.82, 2.24) is 10.2 Å². The van der Waals surface area contributed by atoms with Gasteiger partial charge in [0.15, 0.2) is 18.2 Å². The van der Waals surface area contributed by atoms with Gasteiger partial charge in [-0.15, -0.1) is 0 Å². The highest BCUT2D eigenvalue weighted by Gasteiger charge is 2.22. The van der Waals surface area contributed by atoms with E-state index in [9.17, 15) is 9.18 Å². The van der Waals surface area contributed by atoms with Gasteiger partial charge in [0.25, 0.3) is 5.91 Å². The molecular weight excluding hydrogens is 395 g/mol. The number of carbonyl (C=O) groups excluding carboxylic acids is 1. The van der Waals surface area contributed by atoms with E-state index in [1.54, 1.807) is 6.07 Å². The number of nitrogens with zero attached hydrogens (tertiary/aromatic N) is 1. The van der Waals surface area contributed by atoms with Gasteiger partial charge in [-0.3, -0.25) is 9.69 Å². The Kier molecular flexibility index (Phi) is 7.55. The number of carbonyl (C=O) groups is 1. The minimum Gasteiger partial charge on any atom is -0.494 e. The maximum absolute atomic E-state index is 13.9. The van der Waals surface area contributed by atoms with Crippen molar-refractivity contribution in [3.8, 4) is 11.5 Å². The topological polar surface area (TPSA) is 50.8 Å². The zero-order valence-corrected chi connectivity index (χ0v) is 18.9. The highest BCUT2D eigenvalue weighted by molar-refractivity contribution is 5.77. The number of nitrogens with one attached hydrogen (secondary N) is 1. The molecule has 1 fully saturated rings. The molecule has 1 amide bonds. The fraction of sp³-hybridized carbons (Fsp3) is 0.480. The number of rotatable bonds is 7. The van der Waals surface area contributed by atoms with E-state index in [4.69, 9.17) is 9.47 Å². The van der Waals surface area contributed by atoms with Gasteiger partial charge in [-0.2, -0.15) is 0 Å². The summed E-state index contributed by atoms with van der Waals surface area (Å²) in [5, 5.41) is 3.09. The predicted molar refractivity (Wildman–Crippen MR) is 120 cm³/mol. The van der Waals surface area contributed by atoms with Gasteiger partial charge in [0.1, 0.15) is 5.75 Å². The van der Waals surface area contributed by atoms with Gasteiger partial charge in [0, 0.05) is 25.7 Å². The van der Waals surface area contributed by atoms with Crippen LogP contribution in [-0.4, -0.2) is 43.7 Å². The Morgan fingerprint density at radius 3 is 2.48 bits per heavy atom. The average Bonchev–Trinajstić information content (AvgIpc) is 2.73. The normalized spacial score (nSPS) is 15.5. The lowest BCUT2D eigenvalue weighted by molar-refractivity contribution is -0.124. The van der Waals surface area contributed by atoms with Gasteiger partial charge in [-0.25, -0.2) is 4.39 Å². The molecule has 0 aromatic heterocycles. The molecule has 0 bridgehead atoms. The van der Waals surface area contributed by atoms with Gasteiger partial charge in [-0.1, -0.05) is 45.0 Å². The second kappa shape index (κ2) is 10.1. The number of para-hydroxylation sites is 1. The van der Waals surface area contributed by atoms with E-state index in [2.05, 4.69) is 31.0 Å². The Hall–Kier alpha value is -2.60. The number of methoxy groups -OCH3 is 1. The molecule has 3 rings (SSSR count). The summed E-state index contributed by atoms with van der Waals surface area (Å²) in [6, 6.07) is 13.1. The molecule has 1 heterocycles. The Morgan fingerprint density at radius 1 is 1.13 bits per heavy atom. The van der Waals surface area contributed by atoms with Crippen LogP contribution in [0.5, 0.6) is 11.5 Å². The monoisotopic (exact) mass is 428 g/mol. The minimum absolute atomic E-state index is 0.0123. The van der Waals surface area contributed by atoms with Gasteiger partial charge >= 0.3 is 0 Å². The second-order valence-electron chi connectivity index (χ2n) is 9.12. The van der Waals surface area contributed by atoms with E-state index >= 15 is 0 Å². The van der Waals surface area contributed by atoms with Crippen LogP contribution in [0, 0.1) is 5.82 Å². The van der Waals surface area contributed by atoms with E-state index in [1.165, 1.54) is 13.2 Å². The lowest BCUT2D eigenvalue weighted by Gasteiger charge is -2.32. The summed E-state index contributed by atoms with van der Waals surface area (Å²) in [4.78, 5) is 14.7. The van der Waals surface area contributed by atoms with Gasteiger partial charge in [-0.05, 0) is 47.6 Å². The maximum Gasteiger partial charge on any atom is 0.258 e. The van der Waals surface area contributed by atoms with Crippen molar-refractivity contribution in [3.05, 3.63) is 59.4 Å². The van der Waals surface area contributed by atoms with E-state index in [1.807, 2.05) is 30.3 Å². The lowest BCUT2D eigenvalue weighted by atomic mass is 9.86. The third kappa shape index (κ3) is 6.44. The van der Waals surface area contributed by atoms with Crippen LogP contribution in [0.2, 0.25) is 0 Å². The molecule has 168 valence electrons. The summed E-state index contributed by atoms with van der Waals surface area (Å²) < 4.78 is 24.7. The van der Waals surface area contributed by atoms with Crippen LogP contribution in [0.15, 0.2) is 42.5 Å². The van der Waals surface area contributed by atoms with E-state index in [0.717, 1.165) is 42.8 Å². The van der Waals surface area contributed by atoms with E-state index in [-0.39, 0.29) is 35.5 Å². The van der Waals surface area contributed by atoms with Crippen molar-refractivity contribution in [3.63, 3.8) is 0 Å². The molecule has 2 aromatic rings. The average molecular weight is 429 g/mol. The molecule has 0 aliphatic carbocycles. The second-order valence-corrected chi connectivity index (χ2v) is 9.12. The first-order valence-corrected chi connectivity index (χ1v) is 10.8. The minimum atomic E-state index is -0.338. The third-order valence-corrected chi connectivity index (χ3v) is 5.63. The first kappa shape index (κ1) is 23.1. The molecule has 1 aliphatic heterocycles. The molecule has 1 saturated heterocycles. The Balaban J connectivity index is 1.44. The summed E-state index contributed by atoms with van der Waals surface area (Å²) in [7, 11) is 1.46. The fourth-order valence-electron chi connectivity index (χ4n) is 3.93.